The molecule has 1 amide bonds. The van der Waals surface area contributed by atoms with E-state index in [2.05, 4.69) is 10.1 Å². The summed E-state index contributed by atoms with van der Waals surface area (Å²) in [5, 5.41) is 15.6. The van der Waals surface area contributed by atoms with Gasteiger partial charge in [-0.2, -0.15) is 15.1 Å². The van der Waals surface area contributed by atoms with Crippen LogP contribution in [0.3, 0.4) is 0 Å². The lowest BCUT2D eigenvalue weighted by atomic mass is 10.1. The van der Waals surface area contributed by atoms with Gasteiger partial charge in [-0.05, 0) is 60.2 Å². The molecule has 0 aliphatic carbocycles. The normalized spacial score (nSPS) is 16.9. The van der Waals surface area contributed by atoms with Crippen molar-refractivity contribution in [3.63, 3.8) is 0 Å². The molecule has 7 nitrogen and oxygen atoms in total. The number of aryl methyl sites for hydroxylation is 1. The molecular weight excluding hydrogens is 424 g/mol. The van der Waals surface area contributed by atoms with Crippen molar-refractivity contribution in [3.8, 4) is 11.5 Å². The third-order valence-corrected chi connectivity index (χ3v) is 5.97. The number of carbonyl (C=O) groups is 1. The molecule has 2 aromatic carbocycles. The highest BCUT2D eigenvalue weighted by atomic mass is 32.2. The Morgan fingerprint density at radius 1 is 1.09 bits per heavy atom. The van der Waals surface area contributed by atoms with E-state index in [0.29, 0.717) is 24.1 Å². The molecule has 164 valence electrons. The number of nitrogens with one attached hydrogen (secondary N) is 1. The number of amides is 1. The Kier molecular flexibility index (Phi) is 6.41. The van der Waals surface area contributed by atoms with Crippen LogP contribution in [0.4, 0.5) is 0 Å². The quantitative estimate of drug-likeness (QED) is 0.489. The average Bonchev–Trinajstić information content (AvgIpc) is 3.20. The van der Waals surface area contributed by atoms with Crippen molar-refractivity contribution in [1.29, 1.82) is 5.41 Å². The number of ether oxygens (including phenoxy) is 2. The van der Waals surface area contributed by atoms with Gasteiger partial charge in [-0.3, -0.25) is 10.2 Å². The zero-order valence-electron chi connectivity index (χ0n) is 18.2. The lowest BCUT2D eigenvalue weighted by Gasteiger charge is -2.20. The third kappa shape index (κ3) is 4.91. The molecular formula is C24H24N4O3S. The van der Waals surface area contributed by atoms with Crippen LogP contribution in [0, 0.1) is 18.3 Å². The van der Waals surface area contributed by atoms with Gasteiger partial charge in [-0.25, -0.2) is 0 Å². The fraction of sp³-hybridized carbons (Fsp3) is 0.250. The van der Waals surface area contributed by atoms with Crippen molar-refractivity contribution in [2.45, 2.75) is 20.8 Å². The fourth-order valence-electron chi connectivity index (χ4n) is 3.09. The molecule has 0 radical (unpaired) electrons. The molecule has 0 aromatic heterocycles. The van der Waals surface area contributed by atoms with Gasteiger partial charge < -0.3 is 9.47 Å². The number of benzene rings is 2. The second kappa shape index (κ2) is 9.40. The lowest BCUT2D eigenvalue weighted by molar-refractivity contribution is -0.114. The summed E-state index contributed by atoms with van der Waals surface area (Å²) in [5.74, 6) is 1.34. The topological polar surface area (TPSA) is 87.3 Å². The minimum atomic E-state index is -0.428. The van der Waals surface area contributed by atoms with Crippen LogP contribution in [0.1, 0.15) is 25.0 Å². The van der Waals surface area contributed by atoms with Crippen LogP contribution in [0.5, 0.6) is 11.5 Å². The molecule has 1 N–H and O–H groups in total. The number of aliphatic imine (C=N–C) groups is 1. The SMILES string of the molecule is Cc1cccc(OCCOc2ccc(C=C3C(=N)N4N=C(C(C)C)SC4=NC3=O)cc2)c1. The number of hydrogen-bond acceptors (Lipinski definition) is 6. The van der Waals surface area contributed by atoms with E-state index in [1.165, 1.54) is 16.8 Å². The van der Waals surface area contributed by atoms with Crippen molar-refractivity contribution in [3.05, 3.63) is 65.2 Å². The van der Waals surface area contributed by atoms with E-state index in [1.54, 1.807) is 6.08 Å². The number of fused-ring (bicyclic) bond motifs is 1. The van der Waals surface area contributed by atoms with Crippen LogP contribution in [-0.4, -0.2) is 40.2 Å². The number of hydrazone groups is 1. The summed E-state index contributed by atoms with van der Waals surface area (Å²) >= 11 is 1.34. The molecule has 0 saturated carbocycles. The summed E-state index contributed by atoms with van der Waals surface area (Å²) in [6.07, 6.45) is 1.66. The zero-order valence-corrected chi connectivity index (χ0v) is 19.0. The first-order chi connectivity index (χ1) is 15.4. The van der Waals surface area contributed by atoms with E-state index in [-0.39, 0.29) is 17.3 Å². The smallest absolute Gasteiger partial charge is 0.283 e. The van der Waals surface area contributed by atoms with E-state index in [4.69, 9.17) is 14.9 Å². The average molecular weight is 449 g/mol. The van der Waals surface area contributed by atoms with Gasteiger partial charge in [-0.15, -0.1) is 0 Å². The Balaban J connectivity index is 1.37. The van der Waals surface area contributed by atoms with Gasteiger partial charge in [0, 0.05) is 5.92 Å². The standard InChI is InChI=1S/C24H24N4O3S/c1-15(2)23-27-28-21(25)20(22(29)26-24(28)32-23)14-17-7-9-18(10-8-17)30-11-12-31-19-6-4-5-16(3)13-19/h4-10,13-15,25H,11-12H2,1-3H3. The summed E-state index contributed by atoms with van der Waals surface area (Å²) in [7, 11) is 0. The van der Waals surface area contributed by atoms with Gasteiger partial charge in [0.15, 0.2) is 5.84 Å². The van der Waals surface area contributed by atoms with Crippen LogP contribution in [0.15, 0.2) is 64.2 Å². The monoisotopic (exact) mass is 448 g/mol. The fourth-order valence-corrected chi connectivity index (χ4v) is 3.98. The summed E-state index contributed by atoms with van der Waals surface area (Å²) in [4.78, 5) is 16.6. The molecule has 0 fully saturated rings. The Labute approximate surface area is 191 Å². The second-order valence-electron chi connectivity index (χ2n) is 7.70. The van der Waals surface area contributed by atoms with Crippen LogP contribution in [-0.2, 0) is 4.79 Å². The van der Waals surface area contributed by atoms with Crippen molar-refractivity contribution in [1.82, 2.24) is 5.01 Å². The highest BCUT2D eigenvalue weighted by Gasteiger charge is 2.36. The minimum Gasteiger partial charge on any atom is -0.490 e. The Hall–Kier alpha value is -3.39. The molecule has 0 unspecified atom stereocenters. The molecule has 0 saturated heterocycles. The van der Waals surface area contributed by atoms with Crippen molar-refractivity contribution in [2.24, 2.45) is 16.0 Å². The molecule has 2 aromatic rings. The number of amidine groups is 2. The second-order valence-corrected chi connectivity index (χ2v) is 8.68. The molecule has 0 atom stereocenters. The molecule has 0 spiro atoms. The highest BCUT2D eigenvalue weighted by Crippen LogP contribution is 2.30. The van der Waals surface area contributed by atoms with Gasteiger partial charge in [0.25, 0.3) is 5.91 Å². The molecule has 32 heavy (non-hydrogen) atoms. The van der Waals surface area contributed by atoms with Gasteiger partial charge >= 0.3 is 0 Å². The van der Waals surface area contributed by atoms with Gasteiger partial charge in [0.1, 0.15) is 29.8 Å². The van der Waals surface area contributed by atoms with Crippen LogP contribution in [0.2, 0.25) is 0 Å². The number of carbonyl (C=O) groups excluding carboxylic acids is 1. The summed E-state index contributed by atoms with van der Waals surface area (Å²) in [5.41, 5.74) is 2.14. The molecule has 8 heteroatoms. The van der Waals surface area contributed by atoms with E-state index >= 15 is 0 Å². The van der Waals surface area contributed by atoms with Gasteiger partial charge in [0.2, 0.25) is 5.17 Å². The van der Waals surface area contributed by atoms with Crippen LogP contribution < -0.4 is 9.47 Å². The number of nitrogens with zero attached hydrogens (tertiary/aromatic N) is 3. The first kappa shape index (κ1) is 21.8. The van der Waals surface area contributed by atoms with Gasteiger partial charge in [-0.1, -0.05) is 38.1 Å². The van der Waals surface area contributed by atoms with Crippen LogP contribution in [0.25, 0.3) is 6.08 Å². The maximum Gasteiger partial charge on any atom is 0.283 e. The van der Waals surface area contributed by atoms with Crippen molar-refractivity contribution >= 4 is 39.8 Å². The third-order valence-electron chi connectivity index (χ3n) is 4.77. The molecule has 4 rings (SSSR count). The summed E-state index contributed by atoms with van der Waals surface area (Å²) in [6.45, 7) is 6.91. The van der Waals surface area contributed by atoms with E-state index in [9.17, 15) is 4.79 Å². The van der Waals surface area contributed by atoms with E-state index in [1.807, 2.05) is 69.3 Å². The predicted molar refractivity (Wildman–Crippen MR) is 128 cm³/mol. The first-order valence-corrected chi connectivity index (χ1v) is 11.1. The lowest BCUT2D eigenvalue weighted by Crippen LogP contribution is -2.35. The number of hydrogen-bond donors (Lipinski definition) is 1. The van der Waals surface area contributed by atoms with E-state index in [0.717, 1.165) is 21.9 Å². The van der Waals surface area contributed by atoms with Crippen LogP contribution >= 0.6 is 11.8 Å². The molecule has 0 bridgehead atoms. The summed E-state index contributed by atoms with van der Waals surface area (Å²) in [6, 6.07) is 15.2. The van der Waals surface area contributed by atoms with Crippen molar-refractivity contribution < 1.29 is 14.3 Å². The number of thioether (sulfide) groups is 1. The maximum absolute atomic E-state index is 12.5. The zero-order chi connectivity index (χ0) is 22.7. The first-order valence-electron chi connectivity index (χ1n) is 10.3. The Morgan fingerprint density at radius 3 is 2.50 bits per heavy atom. The summed E-state index contributed by atoms with van der Waals surface area (Å²) < 4.78 is 11.4. The largest absolute Gasteiger partial charge is 0.490 e. The molecule has 2 aliphatic rings. The Bertz CT molecular complexity index is 1140. The minimum absolute atomic E-state index is 0.0387. The predicted octanol–water partition coefficient (Wildman–Crippen LogP) is 4.73. The highest BCUT2D eigenvalue weighted by molar-refractivity contribution is 8.27. The maximum atomic E-state index is 12.5. The Morgan fingerprint density at radius 2 is 1.81 bits per heavy atom. The van der Waals surface area contributed by atoms with Gasteiger partial charge in [0.05, 0.1) is 5.57 Å². The number of rotatable bonds is 7. The molecule has 2 heterocycles. The van der Waals surface area contributed by atoms with E-state index < -0.39 is 5.91 Å². The van der Waals surface area contributed by atoms with Crippen molar-refractivity contribution in [2.75, 3.05) is 13.2 Å². The molecule has 2 aliphatic heterocycles.